The van der Waals surface area contributed by atoms with Crippen LogP contribution in [0.1, 0.15) is 25.1 Å². The van der Waals surface area contributed by atoms with E-state index in [0.29, 0.717) is 10.4 Å². The van der Waals surface area contributed by atoms with Crippen molar-refractivity contribution in [2.24, 2.45) is 5.92 Å². The van der Waals surface area contributed by atoms with E-state index >= 15 is 0 Å². The Morgan fingerprint density at radius 2 is 2.15 bits per heavy atom. The maximum absolute atomic E-state index is 13.8. The van der Waals surface area contributed by atoms with Crippen molar-refractivity contribution in [2.75, 3.05) is 7.11 Å². The number of aryl methyl sites for hydroxylation is 1. The summed E-state index contributed by atoms with van der Waals surface area (Å²) in [6, 6.07) is 4.87. The standard InChI is InChI=1S/C15H17ClFNOS/c1-9(2)4-7-13-14(18-15(16)20-13)10-5-6-12(19-3)11(17)8-10/h5-6,8-9H,4,7H2,1-3H3. The van der Waals surface area contributed by atoms with E-state index in [4.69, 9.17) is 16.3 Å². The van der Waals surface area contributed by atoms with Crippen molar-refractivity contribution in [3.05, 3.63) is 33.4 Å². The number of ether oxygens (including phenoxy) is 1. The van der Waals surface area contributed by atoms with Crippen LogP contribution in [0.15, 0.2) is 18.2 Å². The van der Waals surface area contributed by atoms with Gasteiger partial charge in [0.2, 0.25) is 0 Å². The van der Waals surface area contributed by atoms with Crippen LogP contribution >= 0.6 is 22.9 Å². The molecule has 0 aliphatic heterocycles. The molecule has 0 bridgehead atoms. The zero-order valence-corrected chi connectivity index (χ0v) is 13.3. The molecule has 5 heteroatoms. The first-order valence-corrected chi connectivity index (χ1v) is 7.69. The smallest absolute Gasteiger partial charge is 0.184 e. The number of rotatable bonds is 5. The van der Waals surface area contributed by atoms with Crippen molar-refractivity contribution in [3.63, 3.8) is 0 Å². The Bertz CT molecular complexity index is 598. The van der Waals surface area contributed by atoms with Gasteiger partial charge in [-0.3, -0.25) is 0 Å². The predicted molar refractivity (Wildman–Crippen MR) is 82.2 cm³/mol. The van der Waals surface area contributed by atoms with Gasteiger partial charge in [0.15, 0.2) is 16.0 Å². The molecule has 0 unspecified atom stereocenters. The third-order valence-electron chi connectivity index (χ3n) is 3.05. The summed E-state index contributed by atoms with van der Waals surface area (Å²) in [5.74, 6) is 0.457. The van der Waals surface area contributed by atoms with Gasteiger partial charge in [-0.25, -0.2) is 9.37 Å². The van der Waals surface area contributed by atoms with Crippen LogP contribution in [-0.4, -0.2) is 12.1 Å². The van der Waals surface area contributed by atoms with E-state index in [9.17, 15) is 4.39 Å². The Balaban J connectivity index is 2.34. The minimum Gasteiger partial charge on any atom is -0.494 e. The summed E-state index contributed by atoms with van der Waals surface area (Å²) >= 11 is 7.49. The molecule has 0 spiro atoms. The Labute approximate surface area is 127 Å². The molecule has 1 aromatic carbocycles. The lowest BCUT2D eigenvalue weighted by Gasteiger charge is -2.07. The van der Waals surface area contributed by atoms with Crippen LogP contribution in [0, 0.1) is 11.7 Å². The lowest BCUT2D eigenvalue weighted by Crippen LogP contribution is -1.93. The molecule has 0 N–H and O–H groups in total. The number of aromatic nitrogens is 1. The SMILES string of the molecule is COc1ccc(-c2nc(Cl)sc2CCC(C)C)cc1F. The van der Waals surface area contributed by atoms with Crippen LogP contribution in [0.3, 0.4) is 0 Å². The second-order valence-corrected chi connectivity index (χ2v) is 6.69. The van der Waals surface area contributed by atoms with Crippen LogP contribution in [0.4, 0.5) is 4.39 Å². The minimum absolute atomic E-state index is 0.235. The molecule has 0 aliphatic carbocycles. The van der Waals surface area contributed by atoms with Gasteiger partial charge < -0.3 is 4.74 Å². The van der Waals surface area contributed by atoms with Gasteiger partial charge in [0.25, 0.3) is 0 Å². The molecular formula is C15H17ClFNOS. The van der Waals surface area contributed by atoms with E-state index in [2.05, 4.69) is 18.8 Å². The highest BCUT2D eigenvalue weighted by Crippen LogP contribution is 2.34. The Kier molecular flexibility index (Phi) is 5.00. The maximum Gasteiger partial charge on any atom is 0.184 e. The fourth-order valence-corrected chi connectivity index (χ4v) is 3.14. The van der Waals surface area contributed by atoms with Gasteiger partial charge in [-0.05, 0) is 37.0 Å². The van der Waals surface area contributed by atoms with Crippen molar-refractivity contribution < 1.29 is 9.13 Å². The molecule has 2 nitrogen and oxygen atoms in total. The van der Waals surface area contributed by atoms with Crippen molar-refractivity contribution in [3.8, 4) is 17.0 Å². The first-order valence-electron chi connectivity index (χ1n) is 6.50. The molecule has 2 aromatic rings. The molecule has 0 radical (unpaired) electrons. The first kappa shape index (κ1) is 15.3. The fraction of sp³-hybridized carbons (Fsp3) is 0.400. The average Bonchev–Trinajstić information content (AvgIpc) is 2.77. The molecule has 0 aliphatic rings. The van der Waals surface area contributed by atoms with Crippen LogP contribution < -0.4 is 4.74 Å². The van der Waals surface area contributed by atoms with Gasteiger partial charge >= 0.3 is 0 Å². The molecule has 1 heterocycles. The number of halogens is 2. The van der Waals surface area contributed by atoms with Crippen LogP contribution in [-0.2, 0) is 6.42 Å². The predicted octanol–water partition coefficient (Wildman–Crippen LogP) is 5.20. The minimum atomic E-state index is -0.385. The molecule has 0 atom stereocenters. The first-order chi connectivity index (χ1) is 9.51. The third kappa shape index (κ3) is 3.49. The highest BCUT2D eigenvalue weighted by molar-refractivity contribution is 7.16. The number of nitrogens with zero attached hydrogens (tertiary/aromatic N) is 1. The molecule has 1 aromatic heterocycles. The molecule has 2 rings (SSSR count). The highest BCUT2D eigenvalue weighted by atomic mass is 35.5. The molecule has 20 heavy (non-hydrogen) atoms. The number of methoxy groups -OCH3 is 1. The summed E-state index contributed by atoms with van der Waals surface area (Å²) in [5.41, 5.74) is 1.52. The van der Waals surface area contributed by atoms with Crippen LogP contribution in [0.25, 0.3) is 11.3 Å². The molecule has 0 fully saturated rings. The lowest BCUT2D eigenvalue weighted by molar-refractivity contribution is 0.386. The van der Waals surface area contributed by atoms with E-state index < -0.39 is 0 Å². The van der Waals surface area contributed by atoms with Gasteiger partial charge in [0.05, 0.1) is 12.8 Å². The summed E-state index contributed by atoms with van der Waals surface area (Å²) in [5, 5.41) is 0. The Hall–Kier alpha value is -1.13. The second-order valence-electron chi connectivity index (χ2n) is 5.02. The van der Waals surface area contributed by atoms with Gasteiger partial charge in [-0.15, -0.1) is 11.3 Å². The van der Waals surface area contributed by atoms with E-state index in [-0.39, 0.29) is 11.6 Å². The number of benzene rings is 1. The summed E-state index contributed by atoms with van der Waals surface area (Å²) in [4.78, 5) is 5.44. The van der Waals surface area contributed by atoms with Crippen molar-refractivity contribution in [1.29, 1.82) is 0 Å². The summed E-state index contributed by atoms with van der Waals surface area (Å²) < 4.78 is 19.2. The van der Waals surface area contributed by atoms with Crippen molar-refractivity contribution in [2.45, 2.75) is 26.7 Å². The van der Waals surface area contributed by atoms with Gasteiger partial charge in [-0.1, -0.05) is 25.4 Å². The Morgan fingerprint density at radius 1 is 1.40 bits per heavy atom. The zero-order chi connectivity index (χ0) is 14.7. The lowest BCUT2D eigenvalue weighted by atomic mass is 10.0. The monoisotopic (exact) mass is 313 g/mol. The molecule has 0 amide bonds. The molecule has 108 valence electrons. The molecular weight excluding hydrogens is 297 g/mol. The molecule has 0 saturated heterocycles. The van der Waals surface area contributed by atoms with E-state index in [1.54, 1.807) is 6.07 Å². The topological polar surface area (TPSA) is 22.1 Å². The second kappa shape index (κ2) is 6.55. The Morgan fingerprint density at radius 3 is 2.75 bits per heavy atom. The number of thiazole rings is 1. The molecule has 0 saturated carbocycles. The largest absolute Gasteiger partial charge is 0.494 e. The summed E-state index contributed by atoms with van der Waals surface area (Å²) in [6.07, 6.45) is 1.97. The van der Waals surface area contributed by atoms with E-state index in [1.165, 1.54) is 24.5 Å². The van der Waals surface area contributed by atoms with Crippen molar-refractivity contribution in [1.82, 2.24) is 4.98 Å². The normalized spacial score (nSPS) is 11.1. The summed E-state index contributed by atoms with van der Waals surface area (Å²) in [7, 11) is 1.45. The number of hydrogen-bond acceptors (Lipinski definition) is 3. The van der Waals surface area contributed by atoms with E-state index in [0.717, 1.165) is 29.0 Å². The van der Waals surface area contributed by atoms with Gasteiger partial charge in [0, 0.05) is 10.4 Å². The highest BCUT2D eigenvalue weighted by Gasteiger charge is 2.14. The fourth-order valence-electron chi connectivity index (χ4n) is 1.95. The van der Waals surface area contributed by atoms with Gasteiger partial charge in [-0.2, -0.15) is 0 Å². The number of hydrogen-bond donors (Lipinski definition) is 0. The van der Waals surface area contributed by atoms with E-state index in [1.807, 2.05) is 6.07 Å². The quantitative estimate of drug-likeness (QED) is 0.757. The summed E-state index contributed by atoms with van der Waals surface area (Å²) in [6.45, 7) is 4.35. The average molecular weight is 314 g/mol. The van der Waals surface area contributed by atoms with Gasteiger partial charge in [0.1, 0.15) is 0 Å². The van der Waals surface area contributed by atoms with Crippen LogP contribution in [0.2, 0.25) is 4.47 Å². The zero-order valence-electron chi connectivity index (χ0n) is 11.7. The maximum atomic E-state index is 13.8. The van der Waals surface area contributed by atoms with Crippen molar-refractivity contribution >= 4 is 22.9 Å². The third-order valence-corrected chi connectivity index (χ3v) is 4.26. The van der Waals surface area contributed by atoms with Crippen LogP contribution in [0.5, 0.6) is 5.75 Å².